The molecule has 0 aromatic heterocycles. The fraction of sp³-hybridized carbons (Fsp3) is 0.294. The van der Waals surface area contributed by atoms with Gasteiger partial charge in [0.25, 0.3) is 0 Å². The number of ether oxygens (including phenoxy) is 2. The number of aryl methyl sites for hydroxylation is 1. The molecule has 0 aliphatic heterocycles. The van der Waals surface area contributed by atoms with E-state index < -0.39 is 0 Å². The quantitative estimate of drug-likeness (QED) is 0.877. The van der Waals surface area contributed by atoms with Crippen molar-refractivity contribution in [3.8, 4) is 5.75 Å². The summed E-state index contributed by atoms with van der Waals surface area (Å²) in [6, 6.07) is 16.2. The third kappa shape index (κ3) is 3.83. The SMILES string of the molecule is COCc1cccc(OC(CN)c2cccc(C)c2)c1. The zero-order chi connectivity index (χ0) is 14.4. The van der Waals surface area contributed by atoms with Gasteiger partial charge >= 0.3 is 0 Å². The monoisotopic (exact) mass is 271 g/mol. The molecule has 3 nitrogen and oxygen atoms in total. The summed E-state index contributed by atoms with van der Waals surface area (Å²) in [6.07, 6.45) is -0.132. The number of hydrogen-bond acceptors (Lipinski definition) is 3. The minimum atomic E-state index is -0.132. The van der Waals surface area contributed by atoms with Crippen molar-refractivity contribution in [1.82, 2.24) is 0 Å². The number of methoxy groups -OCH3 is 1. The lowest BCUT2D eigenvalue weighted by Gasteiger charge is -2.18. The van der Waals surface area contributed by atoms with E-state index in [0.717, 1.165) is 16.9 Å². The maximum atomic E-state index is 6.01. The largest absolute Gasteiger partial charge is 0.484 e. The standard InChI is InChI=1S/C17H21NO2/c1-13-5-3-7-15(9-13)17(11-18)20-16-8-4-6-14(10-16)12-19-2/h3-10,17H,11-12,18H2,1-2H3. The molecule has 1 atom stereocenters. The molecule has 0 aliphatic carbocycles. The van der Waals surface area contributed by atoms with E-state index >= 15 is 0 Å². The highest BCUT2D eigenvalue weighted by atomic mass is 16.5. The van der Waals surface area contributed by atoms with E-state index in [4.69, 9.17) is 15.2 Å². The van der Waals surface area contributed by atoms with Gasteiger partial charge in [-0.3, -0.25) is 0 Å². The Morgan fingerprint density at radius 3 is 2.60 bits per heavy atom. The van der Waals surface area contributed by atoms with Gasteiger partial charge in [-0.2, -0.15) is 0 Å². The van der Waals surface area contributed by atoms with E-state index in [1.807, 2.05) is 36.4 Å². The van der Waals surface area contributed by atoms with Crippen LogP contribution in [0, 0.1) is 6.92 Å². The van der Waals surface area contributed by atoms with Crippen LogP contribution in [0.25, 0.3) is 0 Å². The van der Waals surface area contributed by atoms with Gasteiger partial charge in [-0.25, -0.2) is 0 Å². The molecule has 2 aromatic rings. The molecule has 106 valence electrons. The Kier molecular flexibility index (Phi) is 5.16. The van der Waals surface area contributed by atoms with E-state index in [1.165, 1.54) is 5.56 Å². The van der Waals surface area contributed by atoms with Gasteiger partial charge in [-0.1, -0.05) is 42.0 Å². The van der Waals surface area contributed by atoms with Gasteiger partial charge in [-0.05, 0) is 30.2 Å². The van der Waals surface area contributed by atoms with E-state index in [0.29, 0.717) is 13.2 Å². The molecule has 0 fully saturated rings. The molecule has 0 spiro atoms. The summed E-state index contributed by atoms with van der Waals surface area (Å²) in [5.41, 5.74) is 9.25. The van der Waals surface area contributed by atoms with Gasteiger partial charge in [-0.15, -0.1) is 0 Å². The summed E-state index contributed by atoms with van der Waals surface area (Å²) in [5.74, 6) is 0.816. The van der Waals surface area contributed by atoms with Crippen LogP contribution in [0.5, 0.6) is 5.75 Å². The third-order valence-corrected chi connectivity index (χ3v) is 3.12. The first kappa shape index (κ1) is 14.6. The number of nitrogens with two attached hydrogens (primary N) is 1. The highest BCUT2D eigenvalue weighted by Crippen LogP contribution is 2.23. The average molecular weight is 271 g/mol. The molecular weight excluding hydrogens is 250 g/mol. The first-order chi connectivity index (χ1) is 9.72. The van der Waals surface area contributed by atoms with Gasteiger partial charge in [0.15, 0.2) is 0 Å². The Bertz CT molecular complexity index is 554. The molecule has 2 aromatic carbocycles. The van der Waals surface area contributed by atoms with Crippen molar-refractivity contribution < 1.29 is 9.47 Å². The molecule has 0 saturated heterocycles. The van der Waals surface area contributed by atoms with Crippen molar-refractivity contribution in [3.63, 3.8) is 0 Å². The van der Waals surface area contributed by atoms with Crippen molar-refractivity contribution in [3.05, 3.63) is 65.2 Å². The molecule has 0 heterocycles. The van der Waals surface area contributed by atoms with Crippen molar-refractivity contribution in [2.75, 3.05) is 13.7 Å². The minimum Gasteiger partial charge on any atom is -0.484 e. The molecular formula is C17H21NO2. The number of benzene rings is 2. The number of rotatable bonds is 6. The normalized spacial score (nSPS) is 12.2. The lowest BCUT2D eigenvalue weighted by Crippen LogP contribution is -2.18. The van der Waals surface area contributed by atoms with Crippen LogP contribution in [0.15, 0.2) is 48.5 Å². The van der Waals surface area contributed by atoms with Crippen LogP contribution in [-0.2, 0) is 11.3 Å². The second-order valence-corrected chi connectivity index (χ2v) is 4.84. The molecule has 20 heavy (non-hydrogen) atoms. The van der Waals surface area contributed by atoms with Gasteiger partial charge in [0, 0.05) is 13.7 Å². The Balaban J connectivity index is 2.15. The van der Waals surface area contributed by atoms with Crippen LogP contribution >= 0.6 is 0 Å². The lowest BCUT2D eigenvalue weighted by atomic mass is 10.1. The summed E-state index contributed by atoms with van der Waals surface area (Å²) in [4.78, 5) is 0. The number of hydrogen-bond donors (Lipinski definition) is 1. The Hall–Kier alpha value is -1.84. The van der Waals surface area contributed by atoms with Crippen LogP contribution in [0.4, 0.5) is 0 Å². The molecule has 3 heteroatoms. The summed E-state index contributed by atoms with van der Waals surface area (Å²) in [5, 5.41) is 0. The summed E-state index contributed by atoms with van der Waals surface area (Å²) >= 11 is 0. The molecule has 0 amide bonds. The highest BCUT2D eigenvalue weighted by molar-refractivity contribution is 5.30. The fourth-order valence-corrected chi connectivity index (χ4v) is 2.16. The van der Waals surface area contributed by atoms with Crippen LogP contribution in [0.1, 0.15) is 22.8 Å². The summed E-state index contributed by atoms with van der Waals surface area (Å²) in [6.45, 7) is 3.09. The molecule has 1 unspecified atom stereocenters. The summed E-state index contributed by atoms with van der Waals surface area (Å²) in [7, 11) is 1.68. The van der Waals surface area contributed by atoms with Crippen LogP contribution in [0.2, 0.25) is 0 Å². The van der Waals surface area contributed by atoms with Crippen molar-refractivity contribution in [2.45, 2.75) is 19.6 Å². The van der Waals surface area contributed by atoms with Crippen molar-refractivity contribution in [1.29, 1.82) is 0 Å². The van der Waals surface area contributed by atoms with E-state index in [-0.39, 0.29) is 6.10 Å². The minimum absolute atomic E-state index is 0.132. The lowest BCUT2D eigenvalue weighted by molar-refractivity contribution is 0.183. The molecule has 2 rings (SSSR count). The topological polar surface area (TPSA) is 44.5 Å². The Morgan fingerprint density at radius 2 is 1.90 bits per heavy atom. The van der Waals surface area contributed by atoms with Gasteiger partial charge in [0.1, 0.15) is 11.9 Å². The smallest absolute Gasteiger partial charge is 0.136 e. The zero-order valence-corrected chi connectivity index (χ0v) is 12.0. The second kappa shape index (κ2) is 7.08. The first-order valence-electron chi connectivity index (χ1n) is 6.74. The van der Waals surface area contributed by atoms with Crippen LogP contribution in [-0.4, -0.2) is 13.7 Å². The average Bonchev–Trinajstić information content (AvgIpc) is 2.45. The maximum Gasteiger partial charge on any atom is 0.136 e. The van der Waals surface area contributed by atoms with Crippen LogP contribution < -0.4 is 10.5 Å². The molecule has 0 saturated carbocycles. The maximum absolute atomic E-state index is 6.01. The Morgan fingerprint density at radius 1 is 1.10 bits per heavy atom. The summed E-state index contributed by atoms with van der Waals surface area (Å²) < 4.78 is 11.1. The third-order valence-electron chi connectivity index (χ3n) is 3.12. The molecule has 0 radical (unpaired) electrons. The van der Waals surface area contributed by atoms with E-state index in [9.17, 15) is 0 Å². The first-order valence-corrected chi connectivity index (χ1v) is 6.74. The molecule has 2 N–H and O–H groups in total. The van der Waals surface area contributed by atoms with Gasteiger partial charge in [0.2, 0.25) is 0 Å². The van der Waals surface area contributed by atoms with Crippen molar-refractivity contribution in [2.24, 2.45) is 5.73 Å². The van der Waals surface area contributed by atoms with Crippen molar-refractivity contribution >= 4 is 0 Å². The zero-order valence-electron chi connectivity index (χ0n) is 12.0. The van der Waals surface area contributed by atoms with Crippen LogP contribution in [0.3, 0.4) is 0 Å². The highest BCUT2D eigenvalue weighted by Gasteiger charge is 2.11. The predicted molar refractivity (Wildman–Crippen MR) is 80.8 cm³/mol. The Labute approximate surface area is 120 Å². The van der Waals surface area contributed by atoms with Gasteiger partial charge < -0.3 is 15.2 Å². The molecule has 0 aliphatic rings. The van der Waals surface area contributed by atoms with E-state index in [1.54, 1.807) is 7.11 Å². The predicted octanol–water partition coefficient (Wildman–Crippen LogP) is 3.22. The second-order valence-electron chi connectivity index (χ2n) is 4.84. The van der Waals surface area contributed by atoms with E-state index in [2.05, 4.69) is 19.1 Å². The van der Waals surface area contributed by atoms with Gasteiger partial charge in [0.05, 0.1) is 6.61 Å². The fourth-order valence-electron chi connectivity index (χ4n) is 2.16. The molecule has 0 bridgehead atoms.